The molecule has 0 atom stereocenters. The number of para-hydroxylation sites is 2. The fraction of sp³-hybridized carbons (Fsp3) is 0.300. The Morgan fingerprint density at radius 3 is 0.929 bits per heavy atom. The van der Waals surface area contributed by atoms with E-state index in [9.17, 15) is 0 Å². The Morgan fingerprint density at radius 2 is 0.543 bits per heavy atom. The quantitative estimate of drug-likeness (QED) is 0.121. The van der Waals surface area contributed by atoms with Gasteiger partial charge in [-0.2, -0.15) is 0 Å². The van der Waals surface area contributed by atoms with Gasteiger partial charge in [-0.15, -0.1) is 0 Å². The van der Waals surface area contributed by atoms with Gasteiger partial charge in [0.25, 0.3) is 13.4 Å². The Morgan fingerprint density at radius 1 is 0.244 bits per heavy atom. The third kappa shape index (κ3) is 13.0. The van der Waals surface area contributed by atoms with Crippen molar-refractivity contribution < 1.29 is 14.2 Å². The SMILES string of the molecule is CC(C)c1cc(C(C)C)c(B2c3ccccc3Oc3cc(N4c5ccc(C(C)(C)C)cc5C5(c6ccccc6Oc6cc(-c7ccc8c(c7)Oc7cc(N9c%10ccc(C(C)(C)C)cc%10C%10(c%11ccccc%11-c%11ccccc%11%10)c%10cc(C(C)(C)C)ccc%109)ccc7B8c7c(C(C)C)cc(C(C)C)cc7C(C)C)ccc65)c5cc(C(C)(C)C)ccc54)ccc32)c(C(C)C)c1. The number of fused-ring (bicyclic) bond motifs is 21. The number of hydrogen-bond donors (Lipinski definition) is 0. The van der Waals surface area contributed by atoms with E-state index < -0.39 is 10.8 Å². The molecule has 5 nitrogen and oxygen atoms in total. The zero-order valence-corrected chi connectivity index (χ0v) is 79.1. The van der Waals surface area contributed by atoms with Gasteiger partial charge in [0, 0.05) is 34.6 Å². The lowest BCUT2D eigenvalue weighted by atomic mass is 9.33. The number of hydrogen-bond acceptors (Lipinski definition) is 5. The van der Waals surface area contributed by atoms with Gasteiger partial charge in [0.15, 0.2) is 0 Å². The lowest BCUT2D eigenvalue weighted by Crippen LogP contribution is -2.57. The monoisotopic (exact) mass is 1660 g/mol. The smallest absolute Gasteiger partial charge is 0.251 e. The lowest BCUT2D eigenvalue weighted by Gasteiger charge is -2.49. The molecule has 636 valence electrons. The van der Waals surface area contributed by atoms with E-state index in [0.29, 0.717) is 23.7 Å². The van der Waals surface area contributed by atoms with Gasteiger partial charge in [-0.1, -0.05) is 371 Å². The zero-order chi connectivity index (χ0) is 89.1. The summed E-state index contributed by atoms with van der Waals surface area (Å²) in [4.78, 5) is 5.12. The van der Waals surface area contributed by atoms with Crippen molar-refractivity contribution >= 4 is 80.3 Å². The molecule has 0 unspecified atom stereocenters. The van der Waals surface area contributed by atoms with Gasteiger partial charge in [0.1, 0.15) is 34.5 Å². The molecule has 127 heavy (non-hydrogen) atoms. The maximum absolute atomic E-state index is 7.86. The topological polar surface area (TPSA) is 34.2 Å². The van der Waals surface area contributed by atoms with Crippen LogP contribution in [-0.4, -0.2) is 13.4 Å². The minimum atomic E-state index is -0.878. The Bertz CT molecular complexity index is 6620. The van der Waals surface area contributed by atoms with E-state index in [1.54, 1.807) is 0 Å². The molecule has 0 aromatic heterocycles. The summed E-state index contributed by atoms with van der Waals surface area (Å²) in [6, 6.07) is 104. The molecule has 14 aromatic carbocycles. The summed E-state index contributed by atoms with van der Waals surface area (Å²) >= 11 is 0. The van der Waals surface area contributed by atoms with E-state index in [1.807, 2.05) is 0 Å². The van der Waals surface area contributed by atoms with Crippen molar-refractivity contribution in [3.8, 4) is 56.8 Å². The number of rotatable bonds is 11. The Balaban J connectivity index is 0.773. The van der Waals surface area contributed by atoms with Gasteiger partial charge in [0.05, 0.1) is 33.6 Å². The van der Waals surface area contributed by atoms with Gasteiger partial charge < -0.3 is 24.0 Å². The Kier molecular flexibility index (Phi) is 19.7. The predicted octanol–water partition coefficient (Wildman–Crippen LogP) is 28.9. The molecule has 20 rings (SSSR count). The van der Waals surface area contributed by atoms with E-state index in [-0.39, 0.29) is 46.9 Å². The van der Waals surface area contributed by atoms with Crippen LogP contribution in [0.4, 0.5) is 34.1 Å². The molecule has 5 heterocycles. The molecular weight excluding hydrogens is 1540 g/mol. The summed E-state index contributed by atoms with van der Waals surface area (Å²) in [5.41, 5.74) is 39.9. The van der Waals surface area contributed by atoms with Crippen LogP contribution >= 0.6 is 0 Å². The minimum Gasteiger partial charge on any atom is -0.458 e. The third-order valence-corrected chi connectivity index (χ3v) is 29.3. The molecule has 0 saturated carbocycles. The molecule has 2 spiro atoms. The van der Waals surface area contributed by atoms with Crippen LogP contribution in [0.25, 0.3) is 22.3 Å². The first kappa shape index (κ1) is 83.4. The summed E-state index contributed by atoms with van der Waals surface area (Å²) in [5, 5.41) is 0. The van der Waals surface area contributed by atoms with Gasteiger partial charge in [-0.3, -0.25) is 0 Å². The van der Waals surface area contributed by atoms with Crippen LogP contribution in [0.3, 0.4) is 0 Å². The van der Waals surface area contributed by atoms with E-state index in [0.717, 1.165) is 102 Å². The standard InChI is InChI=1S/C120H122B2N2O3/c1-69(2)77-57-87(71(5)6)113(88(58-77)72(7)8)121-99-38-30-32-40-108(99)126-111-67-83(47-51-101(111)121)124-105-55-45-81(117(19,20)21)65-97(105)120(98-66-82(118(22,23)24)46-56-106(98)124)93-37-29-31-39-107(93)125-109-61-75(41-49-94(109)120)76-42-50-100-110(62-76)127-112-68-84(48-52-102(112)122(100)114-89(73(9)10)59-78(70(3)4)60-90(114)74(11)12)123-103-53-43-79(115(13,14)15)63-95(103)119(96-64-80(116(16,17)18)44-54-104(96)123)91-35-27-25-33-85(91)86-34-26-28-36-92(86)119/h25-74H,1-24H3. The zero-order valence-electron chi connectivity index (χ0n) is 79.1. The molecule has 5 aliphatic heterocycles. The summed E-state index contributed by atoms with van der Waals surface area (Å²) in [6.45, 7) is 56.4. The number of benzene rings is 14. The third-order valence-electron chi connectivity index (χ3n) is 29.3. The van der Waals surface area contributed by atoms with Crippen LogP contribution in [0.15, 0.2) is 267 Å². The second-order valence-electron chi connectivity index (χ2n) is 43.5. The lowest BCUT2D eigenvalue weighted by molar-refractivity contribution is 0.433. The molecular formula is C120H122B2N2O3. The second-order valence-corrected chi connectivity index (χ2v) is 43.5. The number of nitrogens with zero attached hydrogens (tertiary/aromatic N) is 2. The van der Waals surface area contributed by atoms with Crippen molar-refractivity contribution in [2.75, 3.05) is 9.80 Å². The molecule has 14 aromatic rings. The summed E-state index contributed by atoms with van der Waals surface area (Å²) in [7, 11) is 0. The van der Waals surface area contributed by atoms with E-state index >= 15 is 0 Å². The van der Waals surface area contributed by atoms with Crippen LogP contribution in [0.2, 0.25) is 0 Å². The van der Waals surface area contributed by atoms with Crippen LogP contribution in [0.5, 0.6) is 34.5 Å². The van der Waals surface area contributed by atoms with Gasteiger partial charge in [0.2, 0.25) is 0 Å². The maximum Gasteiger partial charge on any atom is 0.251 e. The van der Waals surface area contributed by atoms with Crippen LogP contribution in [0, 0.1) is 0 Å². The average molecular weight is 1660 g/mol. The molecule has 6 aliphatic rings. The van der Waals surface area contributed by atoms with Crippen LogP contribution in [0.1, 0.15) is 302 Å². The fourth-order valence-electron chi connectivity index (χ4n) is 22.4. The molecule has 0 radical (unpaired) electrons. The van der Waals surface area contributed by atoms with E-state index in [4.69, 9.17) is 14.2 Å². The van der Waals surface area contributed by atoms with Crippen molar-refractivity contribution in [3.05, 3.63) is 367 Å². The van der Waals surface area contributed by atoms with Crippen molar-refractivity contribution in [2.45, 2.75) is 234 Å². The molecule has 0 fully saturated rings. The first-order chi connectivity index (χ1) is 60.4. The largest absolute Gasteiger partial charge is 0.458 e. The second kappa shape index (κ2) is 29.9. The summed E-state index contributed by atoms with van der Waals surface area (Å²) < 4.78 is 22.8. The van der Waals surface area contributed by atoms with Crippen molar-refractivity contribution in [2.24, 2.45) is 0 Å². The Labute approximate surface area is 757 Å². The highest BCUT2D eigenvalue weighted by Gasteiger charge is 2.55. The highest BCUT2D eigenvalue weighted by Crippen LogP contribution is 2.67. The molecule has 0 N–H and O–H groups in total. The normalized spacial score (nSPS) is 14.8. The van der Waals surface area contributed by atoms with Crippen molar-refractivity contribution in [1.82, 2.24) is 0 Å². The van der Waals surface area contributed by atoms with E-state index in [2.05, 4.69) is 443 Å². The maximum atomic E-state index is 7.86. The average Bonchev–Trinajstić information content (AvgIpc) is 1.45. The summed E-state index contributed by atoms with van der Waals surface area (Å²) in [5.74, 6) is 6.97. The first-order valence-electron chi connectivity index (χ1n) is 47.0. The van der Waals surface area contributed by atoms with Crippen molar-refractivity contribution in [1.29, 1.82) is 0 Å². The van der Waals surface area contributed by atoms with Gasteiger partial charge >= 0.3 is 0 Å². The highest BCUT2D eigenvalue weighted by atomic mass is 16.5. The molecule has 0 bridgehead atoms. The molecule has 7 heteroatoms. The fourth-order valence-corrected chi connectivity index (χ4v) is 22.4. The molecule has 0 saturated heterocycles. The molecule has 0 amide bonds. The van der Waals surface area contributed by atoms with Gasteiger partial charge in [-0.05, 0) is 251 Å². The minimum absolute atomic E-state index is 0.0456. The number of anilines is 6. The highest BCUT2D eigenvalue weighted by molar-refractivity contribution is 6.98. The van der Waals surface area contributed by atoms with E-state index in [1.165, 1.54) is 122 Å². The van der Waals surface area contributed by atoms with Crippen molar-refractivity contribution in [3.63, 3.8) is 0 Å². The first-order valence-corrected chi connectivity index (χ1v) is 47.0. The number of ether oxygens (including phenoxy) is 3. The summed E-state index contributed by atoms with van der Waals surface area (Å²) in [6.07, 6.45) is 0. The van der Waals surface area contributed by atoms with Crippen LogP contribution < -0.4 is 56.8 Å². The Hall–Kier alpha value is -11.8. The van der Waals surface area contributed by atoms with Crippen LogP contribution in [-0.2, 0) is 32.5 Å². The van der Waals surface area contributed by atoms with Gasteiger partial charge in [-0.25, -0.2) is 0 Å². The predicted molar refractivity (Wildman–Crippen MR) is 539 cm³/mol. The molecule has 1 aliphatic carbocycles.